The predicted molar refractivity (Wildman–Crippen MR) is 354 cm³/mol. The second-order valence-corrected chi connectivity index (χ2v) is 27.2. The number of hydrogen-bond donors (Lipinski definition) is 1. The average Bonchev–Trinajstić information content (AvgIpc) is 4.47. The highest BCUT2D eigenvalue weighted by molar-refractivity contribution is 8.15. The number of aryl methyl sites for hydroxylation is 1. The van der Waals surface area contributed by atoms with Crippen LogP contribution in [0.4, 0.5) is 0 Å². The molecule has 82 heavy (non-hydrogen) atoms. The number of hydrogen-bond acceptors (Lipinski definition) is 14. The molecule has 424 valence electrons. The van der Waals surface area contributed by atoms with Gasteiger partial charge in [-0.25, -0.2) is 24.9 Å². The SMILES string of the molecule is C.CC(C)c1c(Cc2ccco2)nc2c(Cc3ccccc3)nc(-c3ccc(O)cc3)cn12.CC(C)c1ccc2nc(C3=N[C@@H](C)CS3)sc2c1.CC(C)c1ccc2nc(C3=N[C@@H](C)CS3)sc2c1.Cc1nc2ccc(C(C)C)cc2s1. The summed E-state index contributed by atoms with van der Waals surface area (Å²) >= 11 is 8.96. The lowest BCUT2D eigenvalue weighted by Gasteiger charge is -2.12. The molecule has 0 radical (unpaired) electrons. The molecule has 11 aromatic rings. The van der Waals surface area contributed by atoms with Crippen molar-refractivity contribution in [2.45, 2.75) is 132 Å². The van der Waals surface area contributed by atoms with Crippen LogP contribution in [0, 0.1) is 6.92 Å². The topological polar surface area (TPSA) is 127 Å². The molecule has 0 saturated heterocycles. The second-order valence-electron chi connectivity index (χ2n) is 21.9. The zero-order chi connectivity index (χ0) is 56.9. The Bertz CT molecular complexity index is 3870. The highest BCUT2D eigenvalue weighted by Gasteiger charge is 2.23. The van der Waals surface area contributed by atoms with Crippen LogP contribution in [0.15, 0.2) is 148 Å². The molecular formula is C67H74N8O2S5. The number of benzene rings is 5. The van der Waals surface area contributed by atoms with Crippen LogP contribution in [0.2, 0.25) is 0 Å². The summed E-state index contributed by atoms with van der Waals surface area (Å²) in [6.45, 7) is 24.1. The minimum absolute atomic E-state index is 0. The molecule has 6 aromatic heterocycles. The first kappa shape index (κ1) is 60.1. The van der Waals surface area contributed by atoms with Crippen molar-refractivity contribution in [1.82, 2.24) is 29.3 Å². The van der Waals surface area contributed by atoms with Crippen molar-refractivity contribution in [2.75, 3.05) is 11.5 Å². The van der Waals surface area contributed by atoms with Crippen LogP contribution in [0.25, 0.3) is 47.6 Å². The van der Waals surface area contributed by atoms with E-state index in [4.69, 9.17) is 24.4 Å². The lowest BCUT2D eigenvalue weighted by Crippen LogP contribution is -2.04. The number of nitrogens with zero attached hydrogens (tertiary/aromatic N) is 8. The van der Waals surface area contributed by atoms with Gasteiger partial charge in [0.1, 0.15) is 31.6 Å². The second kappa shape index (κ2) is 26.8. The fourth-order valence-corrected chi connectivity index (χ4v) is 14.6. The fraction of sp³-hybridized carbons (Fsp3) is 0.328. The third-order valence-electron chi connectivity index (χ3n) is 13.9. The van der Waals surface area contributed by atoms with E-state index in [0.717, 1.165) is 92.9 Å². The van der Waals surface area contributed by atoms with Gasteiger partial charge in [-0.3, -0.25) is 14.4 Å². The maximum atomic E-state index is 9.72. The maximum absolute atomic E-state index is 9.72. The van der Waals surface area contributed by atoms with Gasteiger partial charge in [0.15, 0.2) is 5.65 Å². The van der Waals surface area contributed by atoms with Gasteiger partial charge in [-0.15, -0.1) is 57.5 Å². The largest absolute Gasteiger partial charge is 0.508 e. The first-order valence-electron chi connectivity index (χ1n) is 27.9. The van der Waals surface area contributed by atoms with Gasteiger partial charge >= 0.3 is 0 Å². The first-order valence-corrected chi connectivity index (χ1v) is 32.3. The van der Waals surface area contributed by atoms with Crippen LogP contribution < -0.4 is 0 Å². The van der Waals surface area contributed by atoms with Crippen molar-refractivity contribution in [1.29, 1.82) is 0 Å². The van der Waals surface area contributed by atoms with E-state index in [-0.39, 0.29) is 19.1 Å². The van der Waals surface area contributed by atoms with Gasteiger partial charge in [0.05, 0.1) is 77.5 Å². The fourth-order valence-electron chi connectivity index (χ4n) is 9.55. The summed E-state index contributed by atoms with van der Waals surface area (Å²) in [5.74, 6) is 5.32. The van der Waals surface area contributed by atoms with Gasteiger partial charge in [-0.2, -0.15) is 0 Å². The lowest BCUT2D eigenvalue weighted by molar-refractivity contribution is 0.475. The quantitative estimate of drug-likeness (QED) is 0.135. The van der Waals surface area contributed by atoms with Crippen LogP contribution in [0.5, 0.6) is 5.75 Å². The van der Waals surface area contributed by atoms with Gasteiger partial charge in [0.25, 0.3) is 0 Å². The summed E-state index contributed by atoms with van der Waals surface area (Å²) in [6, 6.07) is 42.0. The summed E-state index contributed by atoms with van der Waals surface area (Å²) in [4.78, 5) is 33.2. The Morgan fingerprint density at radius 3 is 1.56 bits per heavy atom. The Morgan fingerprint density at radius 1 is 0.561 bits per heavy atom. The van der Waals surface area contributed by atoms with Crippen LogP contribution in [-0.2, 0) is 12.8 Å². The minimum Gasteiger partial charge on any atom is -0.508 e. The molecule has 0 fully saturated rings. The van der Waals surface area contributed by atoms with E-state index in [1.54, 1.807) is 52.4 Å². The number of thiazole rings is 3. The number of rotatable bonds is 11. The normalized spacial score (nSPS) is 15.0. The maximum Gasteiger partial charge on any atom is 0.159 e. The average molecular weight is 1180 g/mol. The molecule has 0 unspecified atom stereocenters. The lowest BCUT2D eigenvalue weighted by atomic mass is 10.0. The van der Waals surface area contributed by atoms with Crippen molar-refractivity contribution >= 4 is 104 Å². The molecule has 13 rings (SSSR count). The number of phenolic OH excluding ortho intramolecular Hbond substituents is 1. The minimum atomic E-state index is 0. The Hall–Kier alpha value is -6.49. The Labute approximate surface area is 503 Å². The van der Waals surface area contributed by atoms with Crippen LogP contribution >= 0.6 is 57.5 Å². The molecule has 0 aliphatic carbocycles. The number of phenols is 1. The summed E-state index contributed by atoms with van der Waals surface area (Å²) < 4.78 is 11.7. The van der Waals surface area contributed by atoms with E-state index in [2.05, 4.69) is 168 Å². The predicted octanol–water partition coefficient (Wildman–Crippen LogP) is 19.0. The smallest absolute Gasteiger partial charge is 0.159 e. The number of imidazole rings is 1. The van der Waals surface area contributed by atoms with Crippen LogP contribution in [-0.4, -0.2) is 68.1 Å². The third-order valence-corrected chi connectivity index (χ3v) is 19.6. The molecule has 2 atom stereocenters. The van der Waals surface area contributed by atoms with Crippen molar-refractivity contribution in [3.63, 3.8) is 0 Å². The molecule has 10 nitrogen and oxygen atoms in total. The summed E-state index contributed by atoms with van der Waals surface area (Å²) in [5, 5.41) is 15.3. The Kier molecular flexibility index (Phi) is 19.7. The van der Waals surface area contributed by atoms with Crippen molar-refractivity contribution in [2.24, 2.45) is 9.98 Å². The van der Waals surface area contributed by atoms with Crippen molar-refractivity contribution < 1.29 is 9.52 Å². The Balaban J connectivity index is 0.000000139. The molecule has 0 amide bonds. The first-order chi connectivity index (χ1) is 39.0. The molecule has 1 N–H and O–H groups in total. The van der Waals surface area contributed by atoms with Crippen molar-refractivity contribution in [3.05, 3.63) is 194 Å². The van der Waals surface area contributed by atoms with Gasteiger partial charge in [0.2, 0.25) is 0 Å². The van der Waals surface area contributed by atoms with Crippen LogP contribution in [0.1, 0.15) is 160 Å². The highest BCUT2D eigenvalue weighted by Crippen LogP contribution is 2.35. The molecule has 15 heteroatoms. The zero-order valence-corrected chi connectivity index (χ0v) is 52.1. The molecule has 0 saturated carbocycles. The van der Waals surface area contributed by atoms with Gasteiger partial charge in [-0.1, -0.05) is 111 Å². The molecule has 0 spiro atoms. The Morgan fingerprint density at radius 2 is 1.09 bits per heavy atom. The van der Waals surface area contributed by atoms with E-state index in [9.17, 15) is 5.11 Å². The van der Waals surface area contributed by atoms with E-state index < -0.39 is 0 Å². The van der Waals surface area contributed by atoms with E-state index in [0.29, 0.717) is 42.7 Å². The molecule has 0 bridgehead atoms. The molecule has 2 aliphatic heterocycles. The standard InChI is InChI=1S/C27H25N3O2.2C14H16N2S2.C11H13NS.CH4/c1-18(2)26-23(16-22-9-6-14-32-22)29-27-24(15-19-7-4-3-5-8-19)28-25(17-30(26)27)20-10-12-21(31)13-11-20;2*1-8(2)10-4-5-11-12(6-10)18-14(16-11)13-15-9(3)7-17-13;1-7(2)9-4-5-10-11(6-9)13-8(3)12-10;/h3-14,17-18,31H,15-16H2,1-2H3;2*4-6,8-9H,7H2,1-3H3;4-7H,1-3H3;1H4/t;2*9-;;/m.00../s1. The van der Waals surface area contributed by atoms with Gasteiger partial charge in [0, 0.05) is 35.4 Å². The number of thioether (sulfide) groups is 2. The number of aromatic nitrogens is 6. The summed E-state index contributed by atoms with van der Waals surface area (Å²) in [7, 11) is 0. The monoisotopic (exact) mass is 1180 g/mol. The summed E-state index contributed by atoms with van der Waals surface area (Å²) in [5.41, 5.74) is 14.5. The highest BCUT2D eigenvalue weighted by atomic mass is 32.2. The number of furan rings is 1. The number of aromatic hydroxyl groups is 1. The number of aliphatic imine (C=N–C) groups is 2. The zero-order valence-electron chi connectivity index (χ0n) is 48.0. The van der Waals surface area contributed by atoms with E-state index in [1.165, 1.54) is 36.4 Å². The molecule has 5 aromatic carbocycles. The van der Waals surface area contributed by atoms with E-state index in [1.807, 2.05) is 66.0 Å². The van der Waals surface area contributed by atoms with Crippen molar-refractivity contribution in [3.8, 4) is 17.0 Å². The summed E-state index contributed by atoms with van der Waals surface area (Å²) in [6.07, 6.45) is 5.09. The number of fused-ring (bicyclic) bond motifs is 4. The van der Waals surface area contributed by atoms with Crippen LogP contribution in [0.3, 0.4) is 0 Å². The molecular weight excluding hydrogens is 1110 g/mol. The van der Waals surface area contributed by atoms with Gasteiger partial charge in [-0.05, 0) is 139 Å². The third kappa shape index (κ3) is 14.5. The van der Waals surface area contributed by atoms with Gasteiger partial charge < -0.3 is 9.52 Å². The van der Waals surface area contributed by atoms with E-state index >= 15 is 0 Å². The molecule has 8 heterocycles. The molecule has 2 aliphatic rings.